The summed E-state index contributed by atoms with van der Waals surface area (Å²) in [6.07, 6.45) is 1.08. The van der Waals surface area contributed by atoms with Crippen LogP contribution in [0.1, 0.15) is 38.8 Å². The van der Waals surface area contributed by atoms with Crippen LogP contribution in [0.4, 0.5) is 0 Å². The Kier molecular flexibility index (Phi) is 4.19. The standard InChI is InChI=1S/C13H21NO2/c1-5-9(2)14(4)10(3)11-6-12(15)8-13(16)7-11/h6-10,15-16H,5H2,1-4H3. The second-order valence-electron chi connectivity index (χ2n) is 4.38. The van der Waals surface area contributed by atoms with Crippen molar-refractivity contribution in [1.29, 1.82) is 0 Å². The molecule has 2 unspecified atom stereocenters. The van der Waals surface area contributed by atoms with Crippen LogP contribution >= 0.6 is 0 Å². The Labute approximate surface area is 97.3 Å². The predicted molar refractivity (Wildman–Crippen MR) is 65.7 cm³/mol. The van der Waals surface area contributed by atoms with E-state index in [1.807, 2.05) is 0 Å². The highest BCUT2D eigenvalue weighted by Crippen LogP contribution is 2.28. The molecule has 3 heteroatoms. The molecule has 3 nitrogen and oxygen atoms in total. The molecule has 2 atom stereocenters. The number of aromatic hydroxyl groups is 2. The van der Waals surface area contributed by atoms with Gasteiger partial charge in [0.15, 0.2) is 0 Å². The van der Waals surface area contributed by atoms with E-state index >= 15 is 0 Å². The van der Waals surface area contributed by atoms with Gasteiger partial charge in [0.2, 0.25) is 0 Å². The van der Waals surface area contributed by atoms with Crippen LogP contribution in [-0.2, 0) is 0 Å². The average Bonchev–Trinajstić information content (AvgIpc) is 2.24. The van der Waals surface area contributed by atoms with Gasteiger partial charge in [0.1, 0.15) is 11.5 Å². The van der Waals surface area contributed by atoms with Crippen LogP contribution in [-0.4, -0.2) is 28.2 Å². The van der Waals surface area contributed by atoms with E-state index in [1.165, 1.54) is 6.07 Å². The first-order chi connectivity index (χ1) is 7.45. The van der Waals surface area contributed by atoms with E-state index in [-0.39, 0.29) is 17.5 Å². The number of hydrogen-bond donors (Lipinski definition) is 2. The molecular weight excluding hydrogens is 202 g/mol. The zero-order valence-corrected chi connectivity index (χ0v) is 10.4. The first kappa shape index (κ1) is 12.8. The Hall–Kier alpha value is -1.22. The fourth-order valence-corrected chi connectivity index (χ4v) is 1.76. The maximum atomic E-state index is 9.44. The molecule has 0 aliphatic rings. The van der Waals surface area contributed by atoms with Gasteiger partial charge in [0.05, 0.1) is 0 Å². The molecule has 0 heterocycles. The van der Waals surface area contributed by atoms with Crippen LogP contribution < -0.4 is 0 Å². The maximum absolute atomic E-state index is 9.44. The number of phenols is 2. The summed E-state index contributed by atoms with van der Waals surface area (Å²) in [5.74, 6) is 0.221. The minimum atomic E-state index is 0.111. The largest absolute Gasteiger partial charge is 0.508 e. The van der Waals surface area contributed by atoms with Crippen molar-refractivity contribution in [2.75, 3.05) is 7.05 Å². The lowest BCUT2D eigenvalue weighted by Gasteiger charge is -2.30. The summed E-state index contributed by atoms with van der Waals surface area (Å²) in [7, 11) is 2.06. The fraction of sp³-hybridized carbons (Fsp3) is 0.538. The van der Waals surface area contributed by atoms with E-state index in [2.05, 4.69) is 32.7 Å². The third-order valence-electron chi connectivity index (χ3n) is 3.30. The third kappa shape index (κ3) is 2.89. The van der Waals surface area contributed by atoms with Crippen molar-refractivity contribution < 1.29 is 10.2 Å². The van der Waals surface area contributed by atoms with Gasteiger partial charge in [-0.3, -0.25) is 4.90 Å². The minimum Gasteiger partial charge on any atom is -0.508 e. The molecule has 0 saturated heterocycles. The van der Waals surface area contributed by atoms with Crippen LogP contribution in [0.5, 0.6) is 11.5 Å². The van der Waals surface area contributed by atoms with Gasteiger partial charge in [-0.15, -0.1) is 0 Å². The Balaban J connectivity index is 2.91. The van der Waals surface area contributed by atoms with Gasteiger partial charge in [-0.2, -0.15) is 0 Å². The summed E-state index contributed by atoms with van der Waals surface area (Å²) in [5, 5.41) is 18.9. The normalized spacial score (nSPS) is 15.1. The smallest absolute Gasteiger partial charge is 0.119 e. The van der Waals surface area contributed by atoms with Gasteiger partial charge in [0.25, 0.3) is 0 Å². The Morgan fingerprint density at radius 1 is 1.12 bits per heavy atom. The van der Waals surface area contributed by atoms with Crippen molar-refractivity contribution in [1.82, 2.24) is 4.90 Å². The molecule has 0 saturated carbocycles. The number of nitrogens with zero attached hydrogens (tertiary/aromatic N) is 1. The predicted octanol–water partition coefficient (Wildman–Crippen LogP) is 2.89. The van der Waals surface area contributed by atoms with Gasteiger partial charge in [-0.05, 0) is 45.0 Å². The topological polar surface area (TPSA) is 43.7 Å². The van der Waals surface area contributed by atoms with Crippen LogP contribution in [0.2, 0.25) is 0 Å². The molecule has 0 amide bonds. The van der Waals surface area contributed by atoms with Crippen molar-refractivity contribution in [3.05, 3.63) is 23.8 Å². The zero-order valence-electron chi connectivity index (χ0n) is 10.4. The van der Waals surface area contributed by atoms with E-state index in [4.69, 9.17) is 0 Å². The minimum absolute atomic E-state index is 0.111. The lowest BCUT2D eigenvalue weighted by atomic mass is 10.0. The molecule has 0 fully saturated rings. The Morgan fingerprint density at radius 3 is 2.06 bits per heavy atom. The lowest BCUT2D eigenvalue weighted by molar-refractivity contribution is 0.192. The Bertz CT molecular complexity index is 332. The summed E-state index contributed by atoms with van der Waals surface area (Å²) in [5.41, 5.74) is 0.931. The number of hydrogen-bond acceptors (Lipinski definition) is 3. The zero-order chi connectivity index (χ0) is 12.3. The third-order valence-corrected chi connectivity index (χ3v) is 3.30. The summed E-state index contributed by atoms with van der Waals surface area (Å²) < 4.78 is 0. The molecule has 90 valence electrons. The first-order valence-corrected chi connectivity index (χ1v) is 5.70. The molecule has 16 heavy (non-hydrogen) atoms. The summed E-state index contributed by atoms with van der Waals surface area (Å²) in [6, 6.07) is 5.39. The first-order valence-electron chi connectivity index (χ1n) is 5.70. The van der Waals surface area contributed by atoms with E-state index < -0.39 is 0 Å². The van der Waals surface area contributed by atoms with Gasteiger partial charge >= 0.3 is 0 Å². The summed E-state index contributed by atoms with van der Waals surface area (Å²) in [6.45, 7) is 6.38. The van der Waals surface area contributed by atoms with Crippen molar-refractivity contribution in [2.24, 2.45) is 0 Å². The molecule has 1 aromatic carbocycles. The molecule has 1 aromatic rings. The van der Waals surface area contributed by atoms with Crippen molar-refractivity contribution in [2.45, 2.75) is 39.3 Å². The number of rotatable bonds is 4. The van der Waals surface area contributed by atoms with E-state index in [0.29, 0.717) is 6.04 Å². The second-order valence-corrected chi connectivity index (χ2v) is 4.38. The molecule has 0 spiro atoms. The number of phenolic OH excluding ortho intramolecular Hbond substituents is 2. The highest BCUT2D eigenvalue weighted by atomic mass is 16.3. The van der Waals surface area contributed by atoms with Crippen LogP contribution in [0.3, 0.4) is 0 Å². The molecule has 2 N–H and O–H groups in total. The van der Waals surface area contributed by atoms with Crippen LogP contribution in [0.15, 0.2) is 18.2 Å². The van der Waals surface area contributed by atoms with E-state index in [0.717, 1.165) is 12.0 Å². The van der Waals surface area contributed by atoms with Crippen LogP contribution in [0, 0.1) is 0 Å². The maximum Gasteiger partial charge on any atom is 0.119 e. The highest BCUT2D eigenvalue weighted by Gasteiger charge is 2.17. The molecular formula is C13H21NO2. The fourth-order valence-electron chi connectivity index (χ4n) is 1.76. The molecule has 0 bridgehead atoms. The lowest BCUT2D eigenvalue weighted by Crippen LogP contribution is -2.31. The van der Waals surface area contributed by atoms with Gasteiger partial charge in [-0.25, -0.2) is 0 Å². The van der Waals surface area contributed by atoms with Crippen molar-refractivity contribution >= 4 is 0 Å². The molecule has 0 aliphatic carbocycles. The SMILES string of the molecule is CCC(C)N(C)C(C)c1cc(O)cc(O)c1. The van der Waals surface area contributed by atoms with E-state index in [9.17, 15) is 10.2 Å². The van der Waals surface area contributed by atoms with Gasteiger partial charge < -0.3 is 10.2 Å². The quantitative estimate of drug-likeness (QED) is 0.825. The van der Waals surface area contributed by atoms with Crippen molar-refractivity contribution in [3.63, 3.8) is 0 Å². The molecule has 0 aromatic heterocycles. The van der Waals surface area contributed by atoms with E-state index in [1.54, 1.807) is 12.1 Å². The number of benzene rings is 1. The molecule has 1 rings (SSSR count). The second kappa shape index (κ2) is 5.21. The molecule has 0 aliphatic heterocycles. The van der Waals surface area contributed by atoms with Gasteiger partial charge in [-0.1, -0.05) is 6.92 Å². The van der Waals surface area contributed by atoms with Crippen LogP contribution in [0.25, 0.3) is 0 Å². The summed E-state index contributed by atoms with van der Waals surface area (Å²) in [4.78, 5) is 2.23. The van der Waals surface area contributed by atoms with Gasteiger partial charge in [0, 0.05) is 18.2 Å². The average molecular weight is 223 g/mol. The monoisotopic (exact) mass is 223 g/mol. The molecule has 0 radical (unpaired) electrons. The Morgan fingerprint density at radius 2 is 1.62 bits per heavy atom. The highest BCUT2D eigenvalue weighted by molar-refractivity contribution is 5.37. The summed E-state index contributed by atoms with van der Waals surface area (Å²) >= 11 is 0. The van der Waals surface area contributed by atoms with Crippen molar-refractivity contribution in [3.8, 4) is 11.5 Å².